The van der Waals surface area contributed by atoms with E-state index >= 15 is 0 Å². The quantitative estimate of drug-likeness (QED) is 0.627. The van der Waals surface area contributed by atoms with E-state index in [4.69, 9.17) is 0 Å². The first-order valence-corrected chi connectivity index (χ1v) is 4.99. The maximum absolute atomic E-state index is 11.3. The normalized spacial score (nSPS) is 25.2. The zero-order chi connectivity index (χ0) is 8.72. The molecule has 2 rings (SSSR count). The van der Waals surface area contributed by atoms with Crippen molar-refractivity contribution in [3.05, 3.63) is 0 Å². The van der Waals surface area contributed by atoms with Gasteiger partial charge in [0.05, 0.1) is 0 Å². The van der Waals surface area contributed by atoms with Gasteiger partial charge >= 0.3 is 0 Å². The summed E-state index contributed by atoms with van der Waals surface area (Å²) in [5.41, 5.74) is 0. The van der Waals surface area contributed by atoms with Crippen molar-refractivity contribution in [3.63, 3.8) is 0 Å². The molecule has 0 N–H and O–H groups in total. The van der Waals surface area contributed by atoms with Gasteiger partial charge in [-0.1, -0.05) is 0 Å². The largest absolute Gasteiger partial charge is 0.337 e. The average Bonchev–Trinajstić information content (AvgIpc) is 2.84. The van der Waals surface area contributed by atoms with Gasteiger partial charge in [0, 0.05) is 19.0 Å². The van der Waals surface area contributed by atoms with Crippen LogP contribution in [-0.2, 0) is 4.79 Å². The Hall–Kier alpha value is -0.530. The van der Waals surface area contributed by atoms with E-state index in [1.165, 1.54) is 25.7 Å². The van der Waals surface area contributed by atoms with Crippen LogP contribution in [-0.4, -0.2) is 22.9 Å². The van der Waals surface area contributed by atoms with Crippen molar-refractivity contribution in [2.45, 2.75) is 51.6 Å². The molecule has 0 aromatic rings. The number of carbonyl (C=O) groups is 1. The lowest BCUT2D eigenvalue weighted by Crippen LogP contribution is -2.40. The van der Waals surface area contributed by atoms with Crippen molar-refractivity contribution in [1.82, 2.24) is 4.90 Å². The van der Waals surface area contributed by atoms with Crippen molar-refractivity contribution in [2.24, 2.45) is 5.92 Å². The smallest absolute Gasteiger partial charge is 0.219 e. The third-order valence-corrected chi connectivity index (χ3v) is 3.05. The molecule has 68 valence electrons. The Labute approximate surface area is 73.9 Å². The summed E-state index contributed by atoms with van der Waals surface area (Å²) >= 11 is 0. The summed E-state index contributed by atoms with van der Waals surface area (Å²) in [7, 11) is 0. The average molecular weight is 167 g/mol. The number of rotatable bonds is 3. The van der Waals surface area contributed by atoms with Gasteiger partial charge in [-0.3, -0.25) is 4.79 Å². The minimum Gasteiger partial charge on any atom is -0.337 e. The van der Waals surface area contributed by atoms with Crippen LogP contribution < -0.4 is 0 Å². The number of hydrogen-bond donors (Lipinski definition) is 0. The van der Waals surface area contributed by atoms with Crippen LogP contribution in [0.2, 0.25) is 0 Å². The highest BCUT2D eigenvalue weighted by atomic mass is 16.2. The molecule has 0 aliphatic heterocycles. The summed E-state index contributed by atoms with van der Waals surface area (Å²) in [6.45, 7) is 3.91. The molecule has 2 saturated carbocycles. The van der Waals surface area contributed by atoms with E-state index in [1.807, 2.05) is 0 Å². The first kappa shape index (κ1) is 8.09. The van der Waals surface area contributed by atoms with Gasteiger partial charge < -0.3 is 4.90 Å². The van der Waals surface area contributed by atoms with Crippen molar-refractivity contribution < 1.29 is 4.79 Å². The minimum atomic E-state index is 0.275. The highest BCUT2D eigenvalue weighted by Crippen LogP contribution is 2.39. The molecule has 2 heteroatoms. The highest BCUT2D eigenvalue weighted by molar-refractivity contribution is 5.74. The molecular weight excluding hydrogens is 150 g/mol. The first-order valence-electron chi connectivity index (χ1n) is 4.99. The predicted molar refractivity (Wildman–Crippen MR) is 47.7 cm³/mol. The monoisotopic (exact) mass is 167 g/mol. The second kappa shape index (κ2) is 2.75. The molecule has 0 aromatic heterocycles. The Morgan fingerprint density at radius 2 is 1.92 bits per heavy atom. The molecule has 0 bridgehead atoms. The molecular formula is C10H17NO. The van der Waals surface area contributed by atoms with Crippen LogP contribution >= 0.6 is 0 Å². The second-order valence-electron chi connectivity index (χ2n) is 4.24. The van der Waals surface area contributed by atoms with Crippen LogP contribution in [0.1, 0.15) is 39.5 Å². The maximum atomic E-state index is 11.3. The third kappa shape index (κ3) is 1.47. The Kier molecular flexibility index (Phi) is 1.85. The summed E-state index contributed by atoms with van der Waals surface area (Å²) in [6.07, 6.45) is 5.13. The molecule has 0 heterocycles. The fourth-order valence-electron chi connectivity index (χ4n) is 2.03. The lowest BCUT2D eigenvalue weighted by Gasteiger charge is -2.28. The molecule has 2 aliphatic carbocycles. The summed E-state index contributed by atoms with van der Waals surface area (Å²) in [5, 5.41) is 0. The Morgan fingerprint density at radius 3 is 2.25 bits per heavy atom. The predicted octanol–water partition coefficient (Wildman–Crippen LogP) is 1.80. The van der Waals surface area contributed by atoms with Crippen molar-refractivity contribution in [3.8, 4) is 0 Å². The van der Waals surface area contributed by atoms with Crippen LogP contribution in [0.5, 0.6) is 0 Å². The molecule has 12 heavy (non-hydrogen) atoms. The number of carbonyl (C=O) groups excluding carboxylic acids is 1. The lowest BCUT2D eigenvalue weighted by molar-refractivity contribution is -0.131. The van der Waals surface area contributed by atoms with Gasteiger partial charge in [0.15, 0.2) is 0 Å². The standard InChI is InChI=1S/C10H17NO/c1-7(9-3-4-9)11(8(2)12)10-5-6-10/h7,9-10H,3-6H2,1-2H3. The van der Waals surface area contributed by atoms with Crippen LogP contribution in [0.25, 0.3) is 0 Å². The number of amides is 1. The molecule has 2 nitrogen and oxygen atoms in total. The second-order valence-corrected chi connectivity index (χ2v) is 4.24. The van der Waals surface area contributed by atoms with Crippen LogP contribution in [0.3, 0.4) is 0 Å². The van der Waals surface area contributed by atoms with Crippen LogP contribution in [0.15, 0.2) is 0 Å². The van der Waals surface area contributed by atoms with Gasteiger partial charge in [0.25, 0.3) is 0 Å². The molecule has 1 unspecified atom stereocenters. The van der Waals surface area contributed by atoms with Crippen LogP contribution in [0.4, 0.5) is 0 Å². The van der Waals surface area contributed by atoms with Gasteiger partial charge in [0.2, 0.25) is 5.91 Å². The van der Waals surface area contributed by atoms with Crippen molar-refractivity contribution in [2.75, 3.05) is 0 Å². The van der Waals surface area contributed by atoms with E-state index in [9.17, 15) is 4.79 Å². The zero-order valence-corrected chi connectivity index (χ0v) is 7.92. The molecule has 0 saturated heterocycles. The van der Waals surface area contributed by atoms with E-state index < -0.39 is 0 Å². The van der Waals surface area contributed by atoms with E-state index in [1.54, 1.807) is 6.92 Å². The Bertz CT molecular complexity index is 194. The SMILES string of the molecule is CC(=O)N(C1CC1)C(C)C1CC1. The number of nitrogens with zero attached hydrogens (tertiary/aromatic N) is 1. The van der Waals surface area contributed by atoms with Gasteiger partial charge in [0.1, 0.15) is 0 Å². The molecule has 0 spiro atoms. The summed E-state index contributed by atoms with van der Waals surface area (Å²) in [5.74, 6) is 1.09. The zero-order valence-electron chi connectivity index (χ0n) is 7.92. The Morgan fingerprint density at radius 1 is 1.33 bits per heavy atom. The van der Waals surface area contributed by atoms with Gasteiger partial charge in [-0.2, -0.15) is 0 Å². The summed E-state index contributed by atoms with van der Waals surface area (Å²) in [6, 6.07) is 1.10. The molecule has 1 atom stereocenters. The van der Waals surface area contributed by atoms with E-state index in [-0.39, 0.29) is 5.91 Å². The van der Waals surface area contributed by atoms with Crippen molar-refractivity contribution in [1.29, 1.82) is 0 Å². The highest BCUT2D eigenvalue weighted by Gasteiger charge is 2.40. The first-order chi connectivity index (χ1) is 5.70. The fraction of sp³-hybridized carbons (Fsp3) is 0.900. The van der Waals surface area contributed by atoms with E-state index in [0.29, 0.717) is 12.1 Å². The molecule has 0 radical (unpaired) electrons. The summed E-state index contributed by atoms with van der Waals surface area (Å²) < 4.78 is 0. The molecule has 2 fully saturated rings. The molecule has 0 aromatic carbocycles. The fourth-order valence-corrected chi connectivity index (χ4v) is 2.03. The molecule has 1 amide bonds. The lowest BCUT2D eigenvalue weighted by atomic mass is 10.2. The minimum absolute atomic E-state index is 0.275. The Balaban J connectivity index is 1.98. The molecule has 2 aliphatic rings. The van der Waals surface area contributed by atoms with E-state index in [2.05, 4.69) is 11.8 Å². The van der Waals surface area contributed by atoms with Gasteiger partial charge in [-0.25, -0.2) is 0 Å². The maximum Gasteiger partial charge on any atom is 0.219 e. The topological polar surface area (TPSA) is 20.3 Å². The van der Waals surface area contributed by atoms with Gasteiger partial charge in [-0.05, 0) is 38.5 Å². The van der Waals surface area contributed by atoms with Crippen LogP contribution in [0, 0.1) is 5.92 Å². The number of hydrogen-bond acceptors (Lipinski definition) is 1. The van der Waals surface area contributed by atoms with Crippen molar-refractivity contribution >= 4 is 5.91 Å². The van der Waals surface area contributed by atoms with E-state index in [0.717, 1.165) is 5.92 Å². The van der Waals surface area contributed by atoms with Gasteiger partial charge in [-0.15, -0.1) is 0 Å². The third-order valence-electron chi connectivity index (χ3n) is 3.05. The summed E-state index contributed by atoms with van der Waals surface area (Å²) in [4.78, 5) is 13.4.